The lowest BCUT2D eigenvalue weighted by atomic mass is 10.1. The largest absolute Gasteiger partial charge is 0.494 e. The maximum absolute atomic E-state index is 11.7. The molecule has 0 aliphatic heterocycles. The van der Waals surface area contributed by atoms with E-state index in [9.17, 15) is 9.90 Å². The zero-order valence-electron chi connectivity index (χ0n) is 10.6. The van der Waals surface area contributed by atoms with Crippen LogP contribution in [-0.4, -0.2) is 23.7 Å². The van der Waals surface area contributed by atoms with Crippen LogP contribution in [0.5, 0.6) is 5.75 Å². The molecule has 1 atom stereocenters. The van der Waals surface area contributed by atoms with Crippen LogP contribution >= 0.6 is 0 Å². The maximum Gasteiger partial charge on any atom is 0.253 e. The molecule has 1 unspecified atom stereocenters. The zero-order chi connectivity index (χ0) is 13.0. The van der Waals surface area contributed by atoms with Crippen molar-refractivity contribution in [2.24, 2.45) is 0 Å². The number of aliphatic hydroxyl groups excluding tert-OH is 1. The number of aliphatic hydroxyl groups is 1. The van der Waals surface area contributed by atoms with Gasteiger partial charge < -0.3 is 15.2 Å². The first-order chi connectivity index (χ1) is 8.70. The minimum absolute atomic E-state index is 0.263. The van der Waals surface area contributed by atoms with E-state index in [0.717, 1.165) is 25.0 Å². The monoisotopic (exact) mass is 249 g/mol. The number of rotatable bonds is 6. The van der Waals surface area contributed by atoms with Crippen LogP contribution < -0.4 is 10.1 Å². The predicted molar refractivity (Wildman–Crippen MR) is 68.4 cm³/mol. The van der Waals surface area contributed by atoms with Gasteiger partial charge in [-0.05, 0) is 37.0 Å². The number of hydrogen-bond acceptors (Lipinski definition) is 3. The summed E-state index contributed by atoms with van der Waals surface area (Å²) in [6, 6.07) is 7.26. The van der Waals surface area contributed by atoms with Crippen molar-refractivity contribution in [3.8, 4) is 5.75 Å². The summed E-state index contributed by atoms with van der Waals surface area (Å²) in [7, 11) is 0. The number of carbonyl (C=O) groups excluding carboxylic acids is 1. The first-order valence-corrected chi connectivity index (χ1v) is 6.42. The Morgan fingerprint density at radius 1 is 1.44 bits per heavy atom. The van der Waals surface area contributed by atoms with Gasteiger partial charge in [-0.15, -0.1) is 0 Å². The molecule has 2 rings (SSSR count). The molecule has 1 aliphatic rings. The summed E-state index contributed by atoms with van der Waals surface area (Å²) in [5, 5.41) is 12.7. The van der Waals surface area contributed by atoms with Crippen molar-refractivity contribution in [3.63, 3.8) is 0 Å². The minimum Gasteiger partial charge on any atom is -0.494 e. The first-order valence-electron chi connectivity index (χ1n) is 6.42. The van der Waals surface area contributed by atoms with Crippen LogP contribution in [0.15, 0.2) is 24.3 Å². The lowest BCUT2D eigenvalue weighted by Gasteiger charge is -2.12. The maximum atomic E-state index is 11.7. The van der Waals surface area contributed by atoms with Crippen LogP contribution in [-0.2, 0) is 4.79 Å². The molecule has 0 radical (unpaired) electrons. The van der Waals surface area contributed by atoms with Gasteiger partial charge in [0.25, 0.3) is 5.91 Å². The smallest absolute Gasteiger partial charge is 0.253 e. The highest BCUT2D eigenvalue weighted by atomic mass is 16.5. The summed E-state index contributed by atoms with van der Waals surface area (Å²) in [5.74, 6) is 0.440. The van der Waals surface area contributed by atoms with Crippen molar-refractivity contribution in [1.29, 1.82) is 0 Å². The van der Waals surface area contributed by atoms with Crippen LogP contribution in [0.2, 0.25) is 0 Å². The summed E-state index contributed by atoms with van der Waals surface area (Å²) < 4.78 is 5.44. The summed E-state index contributed by atoms with van der Waals surface area (Å²) in [4.78, 5) is 11.7. The van der Waals surface area contributed by atoms with Crippen LogP contribution in [0.1, 0.15) is 37.9 Å². The van der Waals surface area contributed by atoms with Gasteiger partial charge in [0.15, 0.2) is 6.10 Å². The fourth-order valence-electron chi connectivity index (χ4n) is 1.63. The molecule has 0 heterocycles. The molecular weight excluding hydrogens is 230 g/mol. The molecule has 0 saturated heterocycles. The van der Waals surface area contributed by atoms with Crippen molar-refractivity contribution in [2.45, 2.75) is 38.3 Å². The molecule has 4 heteroatoms. The highest BCUT2D eigenvalue weighted by Gasteiger charge is 2.27. The lowest BCUT2D eigenvalue weighted by Crippen LogP contribution is -2.30. The van der Waals surface area contributed by atoms with E-state index >= 15 is 0 Å². The van der Waals surface area contributed by atoms with Crippen molar-refractivity contribution in [2.75, 3.05) is 6.61 Å². The average molecular weight is 249 g/mol. The van der Waals surface area contributed by atoms with Crippen LogP contribution in [0.4, 0.5) is 0 Å². The van der Waals surface area contributed by atoms with Crippen LogP contribution in [0.25, 0.3) is 0 Å². The topological polar surface area (TPSA) is 58.6 Å². The highest BCUT2D eigenvalue weighted by molar-refractivity contribution is 5.82. The third-order valence-electron chi connectivity index (χ3n) is 2.84. The molecule has 4 nitrogen and oxygen atoms in total. The lowest BCUT2D eigenvalue weighted by molar-refractivity contribution is -0.129. The van der Waals surface area contributed by atoms with E-state index in [4.69, 9.17) is 4.74 Å². The standard InChI is InChI=1S/C14H19NO3/c1-2-9-18-12-7-3-10(4-8-12)13(16)14(17)15-11-5-6-11/h3-4,7-8,11,13,16H,2,5-6,9H2,1H3,(H,15,17). The van der Waals surface area contributed by atoms with Gasteiger partial charge in [0.05, 0.1) is 6.61 Å². The van der Waals surface area contributed by atoms with E-state index in [1.165, 1.54) is 0 Å². The van der Waals surface area contributed by atoms with Gasteiger partial charge in [0, 0.05) is 6.04 Å². The van der Waals surface area contributed by atoms with Gasteiger partial charge in [-0.25, -0.2) is 0 Å². The third kappa shape index (κ3) is 3.47. The Morgan fingerprint density at radius 2 is 2.11 bits per heavy atom. The van der Waals surface area contributed by atoms with Gasteiger partial charge in [0.1, 0.15) is 5.75 Å². The molecule has 98 valence electrons. The molecule has 2 N–H and O–H groups in total. The normalized spacial score (nSPS) is 16.1. The summed E-state index contributed by atoms with van der Waals surface area (Å²) in [6.45, 7) is 2.71. The Bertz CT molecular complexity index is 398. The summed E-state index contributed by atoms with van der Waals surface area (Å²) in [5.41, 5.74) is 0.594. The number of nitrogens with one attached hydrogen (secondary N) is 1. The van der Waals surface area contributed by atoms with Gasteiger partial charge in [-0.2, -0.15) is 0 Å². The van der Waals surface area contributed by atoms with Crippen molar-refractivity contribution in [1.82, 2.24) is 5.32 Å². The van der Waals surface area contributed by atoms with Crippen LogP contribution in [0, 0.1) is 0 Å². The second-order valence-corrected chi connectivity index (χ2v) is 4.60. The molecule has 1 aliphatic carbocycles. The Labute approximate surface area is 107 Å². The molecule has 1 saturated carbocycles. The SMILES string of the molecule is CCCOc1ccc(C(O)C(=O)NC2CC2)cc1. The van der Waals surface area contributed by atoms with E-state index < -0.39 is 6.10 Å². The second kappa shape index (κ2) is 5.87. The van der Waals surface area contributed by atoms with E-state index in [1.54, 1.807) is 24.3 Å². The van der Waals surface area contributed by atoms with Gasteiger partial charge in [-0.3, -0.25) is 4.79 Å². The van der Waals surface area contributed by atoms with Gasteiger partial charge in [0.2, 0.25) is 0 Å². The van der Waals surface area contributed by atoms with Gasteiger partial charge >= 0.3 is 0 Å². The van der Waals surface area contributed by atoms with Crippen molar-refractivity contribution < 1.29 is 14.6 Å². The Balaban J connectivity index is 1.92. The van der Waals surface area contributed by atoms with Gasteiger partial charge in [-0.1, -0.05) is 19.1 Å². The molecule has 0 aromatic heterocycles. The van der Waals surface area contributed by atoms with E-state index in [-0.39, 0.29) is 11.9 Å². The number of carbonyl (C=O) groups is 1. The molecule has 18 heavy (non-hydrogen) atoms. The fraction of sp³-hybridized carbons (Fsp3) is 0.500. The second-order valence-electron chi connectivity index (χ2n) is 4.60. The highest BCUT2D eigenvalue weighted by Crippen LogP contribution is 2.22. The molecular formula is C14H19NO3. The molecule has 1 aromatic carbocycles. The molecule has 1 amide bonds. The Hall–Kier alpha value is -1.55. The Morgan fingerprint density at radius 3 is 2.67 bits per heavy atom. The number of ether oxygens (including phenoxy) is 1. The average Bonchev–Trinajstić information content (AvgIpc) is 3.20. The minimum atomic E-state index is -1.09. The predicted octanol–water partition coefficient (Wildman–Crippen LogP) is 1.79. The molecule has 1 fully saturated rings. The number of hydrogen-bond donors (Lipinski definition) is 2. The molecule has 1 aromatic rings. The van der Waals surface area contributed by atoms with E-state index in [0.29, 0.717) is 12.2 Å². The van der Waals surface area contributed by atoms with Crippen molar-refractivity contribution in [3.05, 3.63) is 29.8 Å². The number of benzene rings is 1. The Kier molecular flexibility index (Phi) is 4.20. The number of amides is 1. The van der Waals surface area contributed by atoms with E-state index in [2.05, 4.69) is 5.32 Å². The van der Waals surface area contributed by atoms with E-state index in [1.807, 2.05) is 6.92 Å². The van der Waals surface area contributed by atoms with Crippen molar-refractivity contribution >= 4 is 5.91 Å². The van der Waals surface area contributed by atoms with Crippen LogP contribution in [0.3, 0.4) is 0 Å². The molecule has 0 bridgehead atoms. The quantitative estimate of drug-likeness (QED) is 0.808. The fourth-order valence-corrected chi connectivity index (χ4v) is 1.63. The third-order valence-corrected chi connectivity index (χ3v) is 2.84. The first kappa shape index (κ1) is 12.9. The summed E-state index contributed by atoms with van der Waals surface area (Å²) >= 11 is 0. The molecule has 0 spiro atoms. The zero-order valence-corrected chi connectivity index (χ0v) is 10.6. The summed E-state index contributed by atoms with van der Waals surface area (Å²) in [6.07, 6.45) is 1.89.